The molecule has 0 amide bonds. The number of fused-ring (bicyclic) bond motifs is 1. The van der Waals surface area contributed by atoms with Crippen molar-refractivity contribution in [1.82, 2.24) is 4.57 Å². The molecule has 2 rings (SSSR count). The quantitative estimate of drug-likeness (QED) is 0.900. The molecule has 0 spiro atoms. The highest BCUT2D eigenvalue weighted by atomic mass is 16.4. The van der Waals surface area contributed by atoms with Crippen molar-refractivity contribution in [3.05, 3.63) is 35.0 Å². The van der Waals surface area contributed by atoms with Gasteiger partial charge in [-0.1, -0.05) is 27.7 Å². The maximum atomic E-state index is 11.3. The van der Waals surface area contributed by atoms with Gasteiger partial charge in [-0.3, -0.25) is 0 Å². The van der Waals surface area contributed by atoms with E-state index in [4.69, 9.17) is 0 Å². The molecule has 0 atom stereocenters. The number of benzene rings is 1. The highest BCUT2D eigenvalue weighted by Gasteiger charge is 2.18. The average molecular weight is 259 g/mol. The van der Waals surface area contributed by atoms with Gasteiger partial charge in [-0.2, -0.15) is 0 Å². The van der Waals surface area contributed by atoms with Gasteiger partial charge in [0.1, 0.15) is 0 Å². The van der Waals surface area contributed by atoms with Crippen LogP contribution in [0.5, 0.6) is 0 Å². The molecule has 1 N–H and O–H groups in total. The lowest BCUT2D eigenvalue weighted by atomic mass is 9.94. The fraction of sp³-hybridized carbons (Fsp3) is 0.438. The van der Waals surface area contributed by atoms with Gasteiger partial charge in [-0.15, -0.1) is 0 Å². The zero-order valence-electron chi connectivity index (χ0n) is 12.2. The smallest absolute Gasteiger partial charge is 0.335 e. The Morgan fingerprint density at radius 2 is 1.68 bits per heavy atom. The van der Waals surface area contributed by atoms with Crippen LogP contribution in [0.2, 0.25) is 0 Å². The summed E-state index contributed by atoms with van der Waals surface area (Å²) < 4.78 is 2.12. The Kier molecular flexibility index (Phi) is 3.40. The van der Waals surface area contributed by atoms with Crippen LogP contribution in [0.3, 0.4) is 0 Å². The Labute approximate surface area is 113 Å². The first-order valence-electron chi connectivity index (χ1n) is 6.69. The van der Waals surface area contributed by atoms with Crippen molar-refractivity contribution in [1.29, 1.82) is 0 Å². The number of carboxylic acids is 1. The molecular weight excluding hydrogens is 238 g/mol. The molecule has 102 valence electrons. The number of aryl methyl sites for hydroxylation is 1. The van der Waals surface area contributed by atoms with E-state index >= 15 is 0 Å². The number of hydrogen-bond acceptors (Lipinski definition) is 1. The van der Waals surface area contributed by atoms with Crippen LogP contribution in [0, 0.1) is 0 Å². The number of aromatic nitrogens is 1. The van der Waals surface area contributed by atoms with E-state index in [0.29, 0.717) is 17.4 Å². The van der Waals surface area contributed by atoms with Crippen LogP contribution in [-0.4, -0.2) is 15.6 Å². The van der Waals surface area contributed by atoms with Gasteiger partial charge in [0.2, 0.25) is 0 Å². The highest BCUT2D eigenvalue weighted by molar-refractivity contribution is 5.97. The fourth-order valence-corrected chi connectivity index (χ4v) is 2.64. The number of rotatable bonds is 3. The molecule has 1 aromatic heterocycles. The summed E-state index contributed by atoms with van der Waals surface area (Å²) in [5.41, 5.74) is 3.85. The summed E-state index contributed by atoms with van der Waals surface area (Å²) in [5.74, 6) is -0.175. The lowest BCUT2D eigenvalue weighted by molar-refractivity contribution is 0.0697. The largest absolute Gasteiger partial charge is 0.478 e. The lowest BCUT2D eigenvalue weighted by Crippen LogP contribution is -2.01. The van der Waals surface area contributed by atoms with Crippen LogP contribution in [0.15, 0.2) is 18.3 Å². The highest BCUT2D eigenvalue weighted by Crippen LogP contribution is 2.33. The van der Waals surface area contributed by atoms with Gasteiger partial charge in [0, 0.05) is 18.6 Å². The van der Waals surface area contributed by atoms with Crippen LogP contribution in [0.4, 0.5) is 0 Å². The number of aromatic carboxylic acids is 1. The second kappa shape index (κ2) is 4.72. The Bertz CT molecular complexity index is 636. The molecule has 0 bridgehead atoms. The van der Waals surface area contributed by atoms with Gasteiger partial charge in [0.25, 0.3) is 0 Å². The molecule has 0 unspecified atom stereocenters. The minimum atomic E-state index is -0.859. The van der Waals surface area contributed by atoms with Crippen LogP contribution < -0.4 is 0 Å². The predicted molar refractivity (Wildman–Crippen MR) is 78.1 cm³/mol. The van der Waals surface area contributed by atoms with E-state index in [0.717, 1.165) is 16.5 Å². The van der Waals surface area contributed by atoms with Gasteiger partial charge in [0.05, 0.1) is 11.1 Å². The van der Waals surface area contributed by atoms with Gasteiger partial charge in [0.15, 0.2) is 0 Å². The van der Waals surface area contributed by atoms with Crippen LogP contribution in [0.1, 0.15) is 61.0 Å². The van der Waals surface area contributed by atoms with Gasteiger partial charge < -0.3 is 9.67 Å². The third-order valence-corrected chi connectivity index (χ3v) is 3.63. The van der Waals surface area contributed by atoms with E-state index < -0.39 is 5.97 Å². The van der Waals surface area contributed by atoms with Crippen molar-refractivity contribution < 1.29 is 9.90 Å². The molecule has 0 saturated heterocycles. The third kappa shape index (κ3) is 2.25. The van der Waals surface area contributed by atoms with Gasteiger partial charge in [-0.25, -0.2) is 4.79 Å². The van der Waals surface area contributed by atoms with Gasteiger partial charge >= 0.3 is 5.97 Å². The van der Waals surface area contributed by atoms with Gasteiger partial charge in [-0.05, 0) is 35.1 Å². The molecule has 3 nitrogen and oxygen atoms in total. The SMILES string of the molecule is CC(C)c1cn(C)c2c(C(C)C)cc(C(=O)O)cc12. The number of carboxylic acid groups (broad SMARTS) is 1. The molecule has 0 aliphatic carbocycles. The Balaban J connectivity index is 2.88. The second-order valence-corrected chi connectivity index (χ2v) is 5.77. The molecule has 0 saturated carbocycles. The maximum absolute atomic E-state index is 11.3. The first-order chi connectivity index (χ1) is 8.82. The third-order valence-electron chi connectivity index (χ3n) is 3.63. The molecule has 1 heterocycles. The van der Waals surface area contributed by atoms with Crippen molar-refractivity contribution in [2.24, 2.45) is 7.05 Å². The molecule has 0 radical (unpaired) electrons. The van der Waals surface area contributed by atoms with E-state index in [1.165, 1.54) is 5.56 Å². The molecule has 0 aliphatic rings. The maximum Gasteiger partial charge on any atom is 0.335 e. The van der Waals surface area contributed by atoms with Crippen LogP contribution in [-0.2, 0) is 7.05 Å². The molecule has 19 heavy (non-hydrogen) atoms. The summed E-state index contributed by atoms with van der Waals surface area (Å²) in [6.07, 6.45) is 2.12. The minimum absolute atomic E-state index is 0.301. The number of carbonyl (C=O) groups is 1. The van der Waals surface area contributed by atoms with Crippen molar-refractivity contribution in [2.75, 3.05) is 0 Å². The van der Waals surface area contributed by atoms with Crippen molar-refractivity contribution >= 4 is 16.9 Å². The standard InChI is InChI=1S/C16H21NO2/c1-9(2)12-6-11(16(18)19)7-13-14(10(3)4)8-17(5)15(12)13/h6-10H,1-5H3,(H,18,19). The Hall–Kier alpha value is -1.77. The van der Waals surface area contributed by atoms with E-state index in [2.05, 4.69) is 38.5 Å². The normalized spacial score (nSPS) is 11.7. The number of nitrogens with zero attached hydrogens (tertiary/aromatic N) is 1. The zero-order chi connectivity index (χ0) is 14.3. The molecule has 0 fully saturated rings. The summed E-state index contributed by atoms with van der Waals surface area (Å²) in [6.45, 7) is 8.47. The van der Waals surface area contributed by atoms with E-state index in [1.807, 2.05) is 7.05 Å². The van der Waals surface area contributed by atoms with E-state index in [1.54, 1.807) is 12.1 Å². The number of hydrogen-bond donors (Lipinski definition) is 1. The summed E-state index contributed by atoms with van der Waals surface area (Å²) in [6, 6.07) is 3.61. The monoisotopic (exact) mass is 259 g/mol. The summed E-state index contributed by atoms with van der Waals surface area (Å²) in [5, 5.41) is 10.4. The average Bonchev–Trinajstić information content (AvgIpc) is 2.65. The molecule has 0 aliphatic heterocycles. The van der Waals surface area contributed by atoms with Crippen molar-refractivity contribution in [3.8, 4) is 0 Å². The van der Waals surface area contributed by atoms with Crippen molar-refractivity contribution in [3.63, 3.8) is 0 Å². The topological polar surface area (TPSA) is 42.2 Å². The van der Waals surface area contributed by atoms with Crippen LogP contribution >= 0.6 is 0 Å². The minimum Gasteiger partial charge on any atom is -0.478 e. The summed E-state index contributed by atoms with van der Waals surface area (Å²) >= 11 is 0. The Morgan fingerprint density at radius 3 is 2.16 bits per heavy atom. The summed E-state index contributed by atoms with van der Waals surface area (Å²) in [4.78, 5) is 11.3. The molecule has 3 heteroatoms. The summed E-state index contributed by atoms with van der Waals surface area (Å²) in [7, 11) is 2.03. The molecular formula is C16H21NO2. The van der Waals surface area contributed by atoms with E-state index in [-0.39, 0.29) is 0 Å². The van der Waals surface area contributed by atoms with E-state index in [9.17, 15) is 9.90 Å². The fourth-order valence-electron chi connectivity index (χ4n) is 2.64. The second-order valence-electron chi connectivity index (χ2n) is 5.77. The molecule has 2 aromatic rings. The lowest BCUT2D eigenvalue weighted by Gasteiger charge is -2.12. The predicted octanol–water partition coefficient (Wildman–Crippen LogP) is 4.12. The van der Waals surface area contributed by atoms with Crippen molar-refractivity contribution in [2.45, 2.75) is 39.5 Å². The first-order valence-corrected chi connectivity index (χ1v) is 6.69. The Morgan fingerprint density at radius 1 is 1.11 bits per heavy atom. The molecule has 1 aromatic carbocycles. The van der Waals surface area contributed by atoms with Crippen LogP contribution in [0.25, 0.3) is 10.9 Å². The first kappa shape index (κ1) is 13.7. The zero-order valence-corrected chi connectivity index (χ0v) is 12.2.